The summed E-state index contributed by atoms with van der Waals surface area (Å²) in [6.07, 6.45) is 0. The van der Waals surface area contributed by atoms with Crippen molar-refractivity contribution in [2.45, 2.75) is 13.5 Å². The fourth-order valence-corrected chi connectivity index (χ4v) is 1.55. The Morgan fingerprint density at radius 2 is 2.05 bits per heavy atom. The number of aromatic nitrogens is 2. The molecule has 2 aromatic rings. The number of aromatic carboxylic acids is 1. The van der Waals surface area contributed by atoms with E-state index in [1.807, 2.05) is 0 Å². The summed E-state index contributed by atoms with van der Waals surface area (Å²) in [5.41, 5.74) is 0.574. The molecule has 0 aliphatic rings. The Labute approximate surface area is 108 Å². The quantitative estimate of drug-likeness (QED) is 0.865. The third-order valence-electron chi connectivity index (χ3n) is 2.40. The Hall–Kier alpha value is -2.63. The molecule has 6 heteroatoms. The van der Waals surface area contributed by atoms with E-state index in [1.54, 1.807) is 19.1 Å². The van der Waals surface area contributed by atoms with E-state index in [-0.39, 0.29) is 17.7 Å². The van der Waals surface area contributed by atoms with E-state index in [0.717, 1.165) is 0 Å². The minimum absolute atomic E-state index is 0.114. The predicted octanol–water partition coefficient (Wildman–Crippen LogP) is 1.36. The molecule has 0 aliphatic carbocycles. The summed E-state index contributed by atoms with van der Waals surface area (Å²) < 4.78 is 5.41. The van der Waals surface area contributed by atoms with Gasteiger partial charge in [-0.1, -0.05) is 0 Å². The summed E-state index contributed by atoms with van der Waals surface area (Å²) in [6.45, 7) is 1.84. The Bertz CT molecular complexity index is 646. The topological polar surface area (TPSA) is 92.3 Å². The molecule has 0 unspecified atom stereocenters. The standard InChI is InChI=1S/C13H12N2O4/c1-8-6-12(16)15-11(14-8)7-19-10-4-2-9(3-5-10)13(17)18/h2-6H,7H2,1H3,(H,17,18)(H,14,15,16). The summed E-state index contributed by atoms with van der Waals surface area (Å²) in [6, 6.07) is 7.40. The maximum atomic E-state index is 11.2. The molecule has 0 bridgehead atoms. The number of aryl methyl sites for hydroxylation is 1. The van der Waals surface area contributed by atoms with Gasteiger partial charge in [0, 0.05) is 11.8 Å². The average Bonchev–Trinajstić information content (AvgIpc) is 2.36. The molecule has 6 nitrogen and oxygen atoms in total. The maximum Gasteiger partial charge on any atom is 0.335 e. The van der Waals surface area contributed by atoms with Crippen LogP contribution in [0.25, 0.3) is 0 Å². The van der Waals surface area contributed by atoms with Gasteiger partial charge in [-0.15, -0.1) is 0 Å². The lowest BCUT2D eigenvalue weighted by molar-refractivity contribution is 0.0697. The number of rotatable bonds is 4. The third kappa shape index (κ3) is 3.41. The molecule has 0 saturated heterocycles. The zero-order valence-corrected chi connectivity index (χ0v) is 10.2. The van der Waals surface area contributed by atoms with Crippen LogP contribution in [0.4, 0.5) is 0 Å². The van der Waals surface area contributed by atoms with Gasteiger partial charge in [-0.05, 0) is 31.2 Å². The molecule has 1 aromatic heterocycles. The molecule has 0 saturated carbocycles. The number of nitrogens with one attached hydrogen (secondary N) is 1. The maximum absolute atomic E-state index is 11.2. The van der Waals surface area contributed by atoms with Crippen molar-refractivity contribution in [2.24, 2.45) is 0 Å². The minimum Gasteiger partial charge on any atom is -0.486 e. The first-order valence-corrected chi connectivity index (χ1v) is 5.57. The number of H-pyrrole nitrogens is 1. The summed E-state index contributed by atoms with van der Waals surface area (Å²) in [5, 5.41) is 8.75. The molecule has 0 fully saturated rings. The lowest BCUT2D eigenvalue weighted by Gasteiger charge is -2.06. The van der Waals surface area contributed by atoms with Crippen LogP contribution in [0.2, 0.25) is 0 Å². The van der Waals surface area contributed by atoms with Crippen LogP contribution in [0.15, 0.2) is 35.1 Å². The summed E-state index contributed by atoms with van der Waals surface area (Å²) in [7, 11) is 0. The van der Waals surface area contributed by atoms with Gasteiger partial charge in [-0.25, -0.2) is 9.78 Å². The molecule has 0 amide bonds. The van der Waals surface area contributed by atoms with Crippen molar-refractivity contribution in [3.63, 3.8) is 0 Å². The first-order chi connectivity index (χ1) is 9.04. The zero-order chi connectivity index (χ0) is 13.8. The van der Waals surface area contributed by atoms with Crippen LogP contribution in [-0.2, 0) is 6.61 Å². The van der Waals surface area contributed by atoms with E-state index >= 15 is 0 Å². The summed E-state index contributed by atoms with van der Waals surface area (Å²) >= 11 is 0. The van der Waals surface area contributed by atoms with Crippen LogP contribution in [0.5, 0.6) is 5.75 Å². The Balaban J connectivity index is 2.06. The van der Waals surface area contributed by atoms with E-state index in [1.165, 1.54) is 18.2 Å². The molecule has 2 N–H and O–H groups in total. The molecular formula is C13H12N2O4. The Morgan fingerprint density at radius 3 is 2.63 bits per heavy atom. The van der Waals surface area contributed by atoms with E-state index in [9.17, 15) is 9.59 Å². The molecule has 98 valence electrons. The highest BCUT2D eigenvalue weighted by Crippen LogP contribution is 2.13. The zero-order valence-electron chi connectivity index (χ0n) is 10.2. The second-order valence-corrected chi connectivity index (χ2v) is 3.95. The fourth-order valence-electron chi connectivity index (χ4n) is 1.55. The number of hydrogen-bond donors (Lipinski definition) is 2. The first kappa shape index (κ1) is 12.8. The van der Waals surface area contributed by atoms with Crippen LogP contribution < -0.4 is 10.3 Å². The predicted molar refractivity (Wildman–Crippen MR) is 67.3 cm³/mol. The largest absolute Gasteiger partial charge is 0.486 e. The number of benzene rings is 1. The Morgan fingerprint density at radius 1 is 1.37 bits per heavy atom. The normalized spacial score (nSPS) is 10.2. The molecule has 0 spiro atoms. The lowest BCUT2D eigenvalue weighted by atomic mass is 10.2. The first-order valence-electron chi connectivity index (χ1n) is 5.57. The molecular weight excluding hydrogens is 248 g/mol. The van der Waals surface area contributed by atoms with Crippen molar-refractivity contribution >= 4 is 5.97 Å². The third-order valence-corrected chi connectivity index (χ3v) is 2.40. The van der Waals surface area contributed by atoms with Crippen LogP contribution in [0, 0.1) is 6.92 Å². The monoisotopic (exact) mass is 260 g/mol. The summed E-state index contributed by atoms with van der Waals surface area (Å²) in [4.78, 5) is 28.6. The number of nitrogens with zero attached hydrogens (tertiary/aromatic N) is 1. The van der Waals surface area contributed by atoms with Gasteiger partial charge in [-0.3, -0.25) is 4.79 Å². The van der Waals surface area contributed by atoms with Crippen molar-refractivity contribution in [1.29, 1.82) is 0 Å². The smallest absolute Gasteiger partial charge is 0.335 e. The minimum atomic E-state index is -0.990. The van der Waals surface area contributed by atoms with E-state index in [4.69, 9.17) is 9.84 Å². The van der Waals surface area contributed by atoms with Crippen LogP contribution in [0.3, 0.4) is 0 Å². The highest BCUT2D eigenvalue weighted by atomic mass is 16.5. The van der Waals surface area contributed by atoms with Crippen LogP contribution >= 0.6 is 0 Å². The van der Waals surface area contributed by atoms with Gasteiger partial charge in [0.25, 0.3) is 5.56 Å². The molecule has 0 atom stereocenters. The Kier molecular flexibility index (Phi) is 3.61. The van der Waals surface area contributed by atoms with Crippen molar-refractivity contribution in [3.8, 4) is 5.75 Å². The van der Waals surface area contributed by atoms with Gasteiger partial charge in [0.1, 0.15) is 18.2 Å². The van der Waals surface area contributed by atoms with Crippen LogP contribution in [-0.4, -0.2) is 21.0 Å². The van der Waals surface area contributed by atoms with Crippen molar-refractivity contribution < 1.29 is 14.6 Å². The number of aromatic amines is 1. The number of ether oxygens (including phenoxy) is 1. The van der Waals surface area contributed by atoms with Gasteiger partial charge < -0.3 is 14.8 Å². The number of carboxylic acid groups (broad SMARTS) is 1. The average molecular weight is 260 g/mol. The van der Waals surface area contributed by atoms with Gasteiger partial charge in [-0.2, -0.15) is 0 Å². The molecule has 0 aliphatic heterocycles. The lowest BCUT2D eigenvalue weighted by Crippen LogP contribution is -2.13. The molecule has 1 aromatic carbocycles. The van der Waals surface area contributed by atoms with Gasteiger partial charge in [0.05, 0.1) is 5.56 Å². The summed E-state index contributed by atoms with van der Waals surface area (Å²) in [5.74, 6) is -0.0577. The molecule has 2 rings (SSSR count). The fraction of sp³-hybridized carbons (Fsp3) is 0.154. The van der Waals surface area contributed by atoms with Crippen molar-refractivity contribution in [2.75, 3.05) is 0 Å². The highest BCUT2D eigenvalue weighted by molar-refractivity contribution is 5.87. The van der Waals surface area contributed by atoms with E-state index in [2.05, 4.69) is 9.97 Å². The molecule has 0 radical (unpaired) electrons. The van der Waals surface area contributed by atoms with E-state index < -0.39 is 5.97 Å². The van der Waals surface area contributed by atoms with Gasteiger partial charge >= 0.3 is 5.97 Å². The van der Waals surface area contributed by atoms with Crippen molar-refractivity contribution in [1.82, 2.24) is 9.97 Å². The molecule has 19 heavy (non-hydrogen) atoms. The van der Waals surface area contributed by atoms with Crippen LogP contribution in [0.1, 0.15) is 21.9 Å². The number of hydrogen-bond acceptors (Lipinski definition) is 4. The SMILES string of the molecule is Cc1cc(=O)[nH]c(COc2ccc(C(=O)O)cc2)n1. The highest BCUT2D eigenvalue weighted by Gasteiger charge is 2.03. The number of carboxylic acids is 1. The van der Waals surface area contributed by atoms with Crippen molar-refractivity contribution in [3.05, 3.63) is 57.8 Å². The van der Waals surface area contributed by atoms with Gasteiger partial charge in [0.2, 0.25) is 0 Å². The van der Waals surface area contributed by atoms with Gasteiger partial charge in [0.15, 0.2) is 0 Å². The number of carbonyl (C=O) groups is 1. The second kappa shape index (κ2) is 5.34. The van der Waals surface area contributed by atoms with E-state index in [0.29, 0.717) is 17.3 Å². The molecule has 1 heterocycles. The second-order valence-electron chi connectivity index (χ2n) is 3.95.